The number of rotatable bonds is 7. The quantitative estimate of drug-likeness (QED) is 0.645. The molecular weight excluding hydrogens is 353 g/mol. The highest BCUT2D eigenvalue weighted by Gasteiger charge is 2.18. The van der Waals surface area contributed by atoms with E-state index < -0.39 is 11.6 Å². The summed E-state index contributed by atoms with van der Waals surface area (Å²) in [6.45, 7) is 2.02. The zero-order valence-electron chi connectivity index (χ0n) is 14.6. The molecule has 2 heterocycles. The third-order valence-corrected chi connectivity index (χ3v) is 3.83. The largest absolute Gasteiger partial charge is 0.492 e. The van der Waals surface area contributed by atoms with E-state index in [0.717, 1.165) is 4.68 Å². The van der Waals surface area contributed by atoms with Crippen LogP contribution in [0.4, 0.5) is 4.39 Å². The number of furan rings is 1. The van der Waals surface area contributed by atoms with Crippen LogP contribution < -0.4 is 15.6 Å². The number of halogens is 1. The van der Waals surface area contributed by atoms with E-state index in [0.29, 0.717) is 17.2 Å². The van der Waals surface area contributed by atoms with E-state index in [9.17, 15) is 14.0 Å². The number of benzene rings is 1. The molecule has 140 valence electrons. The molecule has 1 unspecified atom stereocenters. The van der Waals surface area contributed by atoms with Crippen LogP contribution in [0.5, 0.6) is 5.75 Å². The molecule has 27 heavy (non-hydrogen) atoms. The average Bonchev–Trinajstić information content (AvgIpc) is 3.21. The van der Waals surface area contributed by atoms with Crippen LogP contribution in [0, 0.1) is 5.82 Å². The van der Waals surface area contributed by atoms with E-state index in [2.05, 4.69) is 10.4 Å². The molecule has 1 atom stereocenters. The fraction of sp³-hybridized carbons (Fsp3) is 0.211. The molecular formula is C19H18FN3O4. The topological polar surface area (TPSA) is 86.4 Å². The van der Waals surface area contributed by atoms with Crippen molar-refractivity contribution in [1.29, 1.82) is 0 Å². The van der Waals surface area contributed by atoms with E-state index in [-0.39, 0.29) is 24.9 Å². The van der Waals surface area contributed by atoms with Crippen molar-refractivity contribution >= 4 is 5.91 Å². The van der Waals surface area contributed by atoms with Gasteiger partial charge in [-0.15, -0.1) is 0 Å². The summed E-state index contributed by atoms with van der Waals surface area (Å²) in [6, 6.07) is 11.1. The van der Waals surface area contributed by atoms with Crippen LogP contribution in [0.2, 0.25) is 0 Å². The van der Waals surface area contributed by atoms with Crippen LogP contribution in [-0.4, -0.2) is 28.8 Å². The van der Waals surface area contributed by atoms with Crippen molar-refractivity contribution in [3.63, 3.8) is 0 Å². The molecule has 0 fully saturated rings. The number of aromatic nitrogens is 2. The molecule has 1 aromatic carbocycles. The first-order valence-corrected chi connectivity index (χ1v) is 8.34. The fourth-order valence-electron chi connectivity index (χ4n) is 2.39. The van der Waals surface area contributed by atoms with E-state index in [1.54, 1.807) is 25.1 Å². The monoisotopic (exact) mass is 371 g/mol. The summed E-state index contributed by atoms with van der Waals surface area (Å²) in [5.41, 5.74) is 0.0643. The van der Waals surface area contributed by atoms with Gasteiger partial charge in [-0.3, -0.25) is 9.59 Å². The van der Waals surface area contributed by atoms with Crippen molar-refractivity contribution in [3.8, 4) is 17.2 Å². The first-order valence-electron chi connectivity index (χ1n) is 8.34. The van der Waals surface area contributed by atoms with Crippen molar-refractivity contribution in [3.05, 3.63) is 71.0 Å². The van der Waals surface area contributed by atoms with Crippen LogP contribution in [0.15, 0.2) is 64.0 Å². The summed E-state index contributed by atoms with van der Waals surface area (Å²) in [4.78, 5) is 24.4. The maximum absolute atomic E-state index is 12.8. The smallest absolute Gasteiger partial charge is 0.267 e. The average molecular weight is 371 g/mol. The molecule has 0 saturated carbocycles. The highest BCUT2D eigenvalue weighted by Crippen LogP contribution is 2.16. The SMILES string of the molecule is CC(C(=O)NCCOc1ccc(F)cc1)n1nc(-c2ccco2)ccc1=O. The first-order chi connectivity index (χ1) is 13.0. The normalized spacial score (nSPS) is 11.8. The lowest BCUT2D eigenvalue weighted by Gasteiger charge is -2.15. The number of ether oxygens (including phenoxy) is 1. The highest BCUT2D eigenvalue weighted by molar-refractivity contribution is 5.79. The Morgan fingerprint density at radius 2 is 2.04 bits per heavy atom. The van der Waals surface area contributed by atoms with Gasteiger partial charge < -0.3 is 14.5 Å². The molecule has 0 radical (unpaired) electrons. The van der Waals surface area contributed by atoms with Gasteiger partial charge in [0.15, 0.2) is 5.76 Å². The van der Waals surface area contributed by atoms with Crippen molar-refractivity contribution < 1.29 is 18.3 Å². The van der Waals surface area contributed by atoms with Gasteiger partial charge in [-0.25, -0.2) is 9.07 Å². The zero-order valence-corrected chi connectivity index (χ0v) is 14.6. The van der Waals surface area contributed by atoms with E-state index in [4.69, 9.17) is 9.15 Å². The second-order valence-corrected chi connectivity index (χ2v) is 5.75. The van der Waals surface area contributed by atoms with Gasteiger partial charge in [-0.05, 0) is 49.4 Å². The van der Waals surface area contributed by atoms with E-state index in [1.807, 2.05) is 0 Å². The van der Waals surface area contributed by atoms with Crippen LogP contribution in [-0.2, 0) is 4.79 Å². The van der Waals surface area contributed by atoms with Gasteiger partial charge in [0.05, 0.1) is 12.8 Å². The molecule has 2 aromatic heterocycles. The molecule has 8 heteroatoms. The number of nitrogens with one attached hydrogen (secondary N) is 1. The summed E-state index contributed by atoms with van der Waals surface area (Å²) in [5, 5.41) is 6.89. The first kappa shape index (κ1) is 18.4. The van der Waals surface area contributed by atoms with Crippen molar-refractivity contribution in [2.45, 2.75) is 13.0 Å². The standard InChI is InChI=1S/C19H18FN3O4/c1-13(19(25)21-10-12-26-15-6-4-14(20)5-7-15)23-18(24)9-8-16(22-23)17-3-2-11-27-17/h2-9,11,13H,10,12H2,1H3,(H,21,25). The number of amides is 1. The molecule has 0 aliphatic carbocycles. The van der Waals surface area contributed by atoms with Crippen molar-refractivity contribution in [1.82, 2.24) is 15.1 Å². The maximum atomic E-state index is 12.8. The Morgan fingerprint density at radius 3 is 2.74 bits per heavy atom. The van der Waals surface area contributed by atoms with Gasteiger partial charge in [0.1, 0.15) is 29.9 Å². The van der Waals surface area contributed by atoms with Gasteiger partial charge in [-0.1, -0.05) is 0 Å². The van der Waals surface area contributed by atoms with Gasteiger partial charge >= 0.3 is 0 Å². The van der Waals surface area contributed by atoms with Crippen molar-refractivity contribution in [2.24, 2.45) is 0 Å². The Bertz CT molecular complexity index is 952. The molecule has 0 saturated heterocycles. The second kappa shape index (κ2) is 8.31. The summed E-state index contributed by atoms with van der Waals surface area (Å²) in [6.07, 6.45) is 1.50. The predicted octanol–water partition coefficient (Wildman–Crippen LogP) is 2.40. The molecule has 1 N–H and O–H groups in total. The van der Waals surface area contributed by atoms with E-state index in [1.165, 1.54) is 36.6 Å². The van der Waals surface area contributed by atoms with Crippen LogP contribution in [0.1, 0.15) is 13.0 Å². The van der Waals surface area contributed by atoms with E-state index >= 15 is 0 Å². The fourth-order valence-corrected chi connectivity index (χ4v) is 2.39. The lowest BCUT2D eigenvalue weighted by molar-refractivity contribution is -0.124. The minimum atomic E-state index is -0.807. The Hall–Kier alpha value is -3.42. The Balaban J connectivity index is 1.57. The molecule has 0 aliphatic heterocycles. The third-order valence-electron chi connectivity index (χ3n) is 3.83. The van der Waals surface area contributed by atoms with Crippen LogP contribution >= 0.6 is 0 Å². The molecule has 1 amide bonds. The number of hydrogen-bond acceptors (Lipinski definition) is 5. The Kier molecular flexibility index (Phi) is 5.65. The lowest BCUT2D eigenvalue weighted by Crippen LogP contribution is -2.38. The minimum absolute atomic E-state index is 0.207. The van der Waals surface area contributed by atoms with Gasteiger partial charge in [0, 0.05) is 6.07 Å². The second-order valence-electron chi connectivity index (χ2n) is 5.75. The lowest BCUT2D eigenvalue weighted by atomic mass is 10.3. The summed E-state index contributed by atoms with van der Waals surface area (Å²) in [5.74, 6) is 0.287. The minimum Gasteiger partial charge on any atom is -0.492 e. The molecule has 3 rings (SSSR count). The van der Waals surface area contributed by atoms with Gasteiger partial charge in [-0.2, -0.15) is 5.10 Å². The Labute approximate surface area is 154 Å². The maximum Gasteiger partial charge on any atom is 0.267 e. The number of carbonyl (C=O) groups excluding carboxylic acids is 1. The van der Waals surface area contributed by atoms with Gasteiger partial charge in [0.2, 0.25) is 5.91 Å². The summed E-state index contributed by atoms with van der Waals surface area (Å²) < 4.78 is 24.6. The zero-order chi connectivity index (χ0) is 19.2. The molecule has 7 nitrogen and oxygen atoms in total. The molecule has 3 aromatic rings. The number of nitrogens with zero attached hydrogens (tertiary/aromatic N) is 2. The van der Waals surface area contributed by atoms with Crippen LogP contribution in [0.3, 0.4) is 0 Å². The van der Waals surface area contributed by atoms with Crippen LogP contribution in [0.25, 0.3) is 11.5 Å². The summed E-state index contributed by atoms with van der Waals surface area (Å²) >= 11 is 0. The van der Waals surface area contributed by atoms with Crippen molar-refractivity contribution in [2.75, 3.05) is 13.2 Å². The van der Waals surface area contributed by atoms with Gasteiger partial charge in [0.25, 0.3) is 5.56 Å². The number of hydrogen-bond donors (Lipinski definition) is 1. The Morgan fingerprint density at radius 1 is 1.26 bits per heavy atom. The molecule has 0 spiro atoms. The number of carbonyl (C=O) groups is 1. The third kappa shape index (κ3) is 4.60. The predicted molar refractivity (Wildman–Crippen MR) is 95.8 cm³/mol. The molecule has 0 aliphatic rings. The highest BCUT2D eigenvalue weighted by atomic mass is 19.1. The summed E-state index contributed by atoms with van der Waals surface area (Å²) in [7, 11) is 0. The molecule has 0 bridgehead atoms.